The third kappa shape index (κ3) is 7.62. The Kier molecular flexibility index (Phi) is 9.21. The van der Waals surface area contributed by atoms with Gasteiger partial charge < -0.3 is 18.9 Å². The molecule has 0 N–H and O–H groups in total. The van der Waals surface area contributed by atoms with Crippen LogP contribution in [0.5, 0.6) is 11.5 Å². The number of fused-ring (bicyclic) bond motifs is 4. The van der Waals surface area contributed by atoms with Crippen molar-refractivity contribution in [2.45, 2.75) is 79.5 Å². The van der Waals surface area contributed by atoms with E-state index in [1.165, 1.54) is 11.1 Å². The summed E-state index contributed by atoms with van der Waals surface area (Å²) in [6, 6.07) is 37.7. The van der Waals surface area contributed by atoms with Gasteiger partial charge in [0, 0.05) is 47.0 Å². The predicted molar refractivity (Wildman–Crippen MR) is 218 cm³/mol. The number of hydrogen-bond donors (Lipinski definition) is 0. The summed E-state index contributed by atoms with van der Waals surface area (Å²) in [4.78, 5) is 9.41. The summed E-state index contributed by atoms with van der Waals surface area (Å²) in [6.45, 7) is 19.0. The Morgan fingerprint density at radius 1 is 0.727 bits per heavy atom. The molecular weight excluding hydrogens is 858 g/mol. The molecule has 0 atom stereocenters. The van der Waals surface area contributed by atoms with Crippen molar-refractivity contribution in [3.63, 3.8) is 0 Å². The molecule has 0 radical (unpaired) electrons. The second-order valence-corrected chi connectivity index (χ2v) is 17.1. The van der Waals surface area contributed by atoms with Gasteiger partial charge in [0.05, 0.1) is 16.7 Å². The Labute approximate surface area is 341 Å². The largest absolute Gasteiger partial charge is 0.508 e. The van der Waals surface area contributed by atoms with Gasteiger partial charge in [-0.3, -0.25) is 4.57 Å². The molecule has 0 spiro atoms. The summed E-state index contributed by atoms with van der Waals surface area (Å²) in [6.07, 6.45) is 7.29. The summed E-state index contributed by atoms with van der Waals surface area (Å²) < 4.78 is 30.5. The Balaban J connectivity index is 0.00000496. The van der Waals surface area contributed by atoms with Gasteiger partial charge in [-0.15, -0.1) is 23.6 Å². The Morgan fingerprint density at radius 2 is 1.49 bits per heavy atom. The van der Waals surface area contributed by atoms with Crippen LogP contribution in [-0.2, 0) is 38.3 Å². The monoisotopic (exact) mass is 906 g/mol. The molecule has 4 aromatic carbocycles. The van der Waals surface area contributed by atoms with Gasteiger partial charge in [-0.1, -0.05) is 122 Å². The average Bonchev–Trinajstić information content (AvgIpc) is 3.70. The van der Waals surface area contributed by atoms with Crippen molar-refractivity contribution < 1.29 is 33.1 Å². The molecule has 55 heavy (non-hydrogen) atoms. The number of imidazole rings is 1. The van der Waals surface area contributed by atoms with Crippen LogP contribution in [0.3, 0.4) is 0 Å². The van der Waals surface area contributed by atoms with Gasteiger partial charge in [-0.25, -0.2) is 4.98 Å². The molecule has 7 heteroatoms. The summed E-state index contributed by atoms with van der Waals surface area (Å²) in [5.41, 5.74) is 7.46. The topological polar surface area (TPSA) is 48.8 Å². The molecule has 8 aromatic rings. The molecule has 4 heterocycles. The van der Waals surface area contributed by atoms with E-state index in [-0.39, 0.29) is 31.9 Å². The van der Waals surface area contributed by atoms with Crippen LogP contribution >= 0.6 is 0 Å². The molecule has 8 rings (SSSR count). The molecule has 0 unspecified atom stereocenters. The predicted octanol–water partition coefficient (Wildman–Crippen LogP) is 11.2. The standard InChI is InChI=1S/C48H47N5O.Pt/c1-46(2,3)28-32-13-12-14-35(23-32)51-31-52(44-24-33(47(4,5)6)17-20-42(44)51)36-26-38(30-49-29-36)54-37-18-19-40-39-15-10-11-16-41(39)53(43(40)27-37)45-25-34(21-22-50-45)48(7,8)9;/h10-25,29-30H,28H2,1-9H3;/q-2;/i28D2;. The summed E-state index contributed by atoms with van der Waals surface area (Å²) in [5.74, 6) is 1.79. The molecule has 0 aliphatic rings. The summed E-state index contributed by atoms with van der Waals surface area (Å²) in [5, 5.41) is 2.17. The zero-order valence-electron chi connectivity index (χ0n) is 34.9. The van der Waals surface area contributed by atoms with Gasteiger partial charge in [0.1, 0.15) is 5.82 Å². The van der Waals surface area contributed by atoms with Gasteiger partial charge in [0.15, 0.2) is 0 Å². The minimum Gasteiger partial charge on any atom is -0.508 e. The van der Waals surface area contributed by atoms with Crippen molar-refractivity contribution in [2.24, 2.45) is 5.41 Å². The van der Waals surface area contributed by atoms with Crippen LogP contribution in [0.1, 0.15) is 81.7 Å². The molecular formula is C48H47N5OPt-2. The third-order valence-corrected chi connectivity index (χ3v) is 9.65. The Bertz CT molecular complexity index is 2780. The van der Waals surface area contributed by atoms with Crippen molar-refractivity contribution in [2.75, 3.05) is 0 Å². The number of hydrogen-bond acceptors (Lipinski definition) is 3. The molecule has 6 nitrogen and oxygen atoms in total. The number of para-hydroxylation sites is 1. The minimum atomic E-state index is -1.55. The fraction of sp³-hybridized carbons (Fsp3) is 0.271. The third-order valence-electron chi connectivity index (χ3n) is 9.65. The normalized spacial score (nSPS) is 13.2. The van der Waals surface area contributed by atoms with Crippen LogP contribution in [0.2, 0.25) is 0 Å². The number of rotatable bonds is 6. The van der Waals surface area contributed by atoms with Crippen molar-refractivity contribution >= 4 is 32.8 Å². The first kappa shape index (κ1) is 35.6. The van der Waals surface area contributed by atoms with Crippen LogP contribution in [0, 0.1) is 23.9 Å². The fourth-order valence-electron chi connectivity index (χ4n) is 6.93. The average molecular weight is 907 g/mol. The first-order chi connectivity index (χ1) is 26.4. The fourth-order valence-corrected chi connectivity index (χ4v) is 6.93. The van der Waals surface area contributed by atoms with Crippen LogP contribution in [0.15, 0.2) is 110 Å². The molecule has 0 aliphatic carbocycles. The molecule has 0 fully saturated rings. The van der Waals surface area contributed by atoms with Crippen LogP contribution < -0.4 is 9.30 Å². The number of ether oxygens (including phenoxy) is 1. The van der Waals surface area contributed by atoms with E-state index in [1.807, 2.05) is 72.5 Å². The van der Waals surface area contributed by atoms with Gasteiger partial charge >= 0.3 is 0 Å². The Hall–Kier alpha value is -5.06. The molecule has 0 saturated carbocycles. The zero-order chi connectivity index (χ0) is 39.8. The molecule has 0 amide bonds. The van der Waals surface area contributed by atoms with Gasteiger partial charge in [0.25, 0.3) is 6.33 Å². The number of benzene rings is 4. The molecule has 4 aromatic heterocycles. The number of pyridine rings is 2. The van der Waals surface area contributed by atoms with Crippen LogP contribution in [0.25, 0.3) is 50.0 Å². The summed E-state index contributed by atoms with van der Waals surface area (Å²) >= 11 is 0. The first-order valence-electron chi connectivity index (χ1n) is 19.5. The van der Waals surface area contributed by atoms with Crippen molar-refractivity contribution in [1.29, 1.82) is 0 Å². The first-order valence-corrected chi connectivity index (χ1v) is 18.5. The number of aromatic nitrogens is 5. The van der Waals surface area contributed by atoms with Crippen molar-refractivity contribution in [3.05, 3.63) is 145 Å². The second kappa shape index (κ2) is 14.2. The van der Waals surface area contributed by atoms with E-state index >= 15 is 0 Å². The summed E-state index contributed by atoms with van der Waals surface area (Å²) in [7, 11) is 0. The van der Waals surface area contributed by atoms with E-state index in [0.717, 1.165) is 44.3 Å². The Morgan fingerprint density at radius 3 is 2.25 bits per heavy atom. The van der Waals surface area contributed by atoms with Gasteiger partial charge in [-0.2, -0.15) is 6.07 Å². The van der Waals surface area contributed by atoms with E-state index in [9.17, 15) is 0 Å². The SMILES string of the molecule is [2H]C([2H])(c1cccc(-[n+]2[c-]n(-c3[c-]c(Oc4[c-]c5c(cc4)c4ccccc4n5-c4cc(C(C)(C)C)ccn4)cnc3)c3cc(C(C)(C)C)ccc32)c1)C(C)(C)C.[Pt]. The van der Waals surface area contributed by atoms with Gasteiger partial charge in [-0.05, 0) is 87.4 Å². The van der Waals surface area contributed by atoms with Crippen molar-refractivity contribution in [1.82, 2.24) is 19.1 Å². The van der Waals surface area contributed by atoms with E-state index in [2.05, 4.69) is 124 Å². The van der Waals surface area contributed by atoms with Gasteiger partial charge in [0.2, 0.25) is 0 Å². The van der Waals surface area contributed by atoms with E-state index in [4.69, 9.17) is 12.5 Å². The maximum atomic E-state index is 8.96. The number of nitrogens with zero attached hydrogens (tertiary/aromatic N) is 5. The van der Waals surface area contributed by atoms with E-state index in [0.29, 0.717) is 22.7 Å². The van der Waals surface area contributed by atoms with Crippen molar-refractivity contribution in [3.8, 4) is 28.7 Å². The second-order valence-electron chi connectivity index (χ2n) is 17.1. The minimum absolute atomic E-state index is 0. The maximum absolute atomic E-state index is 8.96. The van der Waals surface area contributed by atoms with Crippen LogP contribution in [0.4, 0.5) is 0 Å². The smallest absolute Gasteiger partial charge is 0.268 e. The molecule has 0 bridgehead atoms. The maximum Gasteiger partial charge on any atom is 0.268 e. The van der Waals surface area contributed by atoms with E-state index in [1.54, 1.807) is 12.4 Å². The van der Waals surface area contributed by atoms with E-state index < -0.39 is 11.8 Å². The molecule has 0 aliphatic heterocycles. The zero-order valence-corrected chi connectivity index (χ0v) is 35.1. The van der Waals surface area contributed by atoms with Crippen LogP contribution in [-0.4, -0.2) is 19.1 Å². The molecule has 282 valence electrons. The quantitative estimate of drug-likeness (QED) is 0.123. The molecule has 0 saturated heterocycles.